The molecule has 6 heteroatoms. The summed E-state index contributed by atoms with van der Waals surface area (Å²) in [5.74, 6) is 0.0625. The van der Waals surface area contributed by atoms with E-state index in [-0.39, 0.29) is 12.3 Å². The zero-order valence-corrected chi connectivity index (χ0v) is 11.0. The van der Waals surface area contributed by atoms with E-state index >= 15 is 0 Å². The van der Waals surface area contributed by atoms with E-state index < -0.39 is 5.97 Å². The molecule has 1 aromatic heterocycles. The Labute approximate surface area is 116 Å². The molecule has 0 unspecified atom stereocenters. The smallest absolute Gasteiger partial charge is 0.358 e. The SMILES string of the molecule is COC(=O)c1cnc(NCc2ccc(CO)cc2)cn1. The molecule has 0 fully saturated rings. The van der Waals surface area contributed by atoms with Gasteiger partial charge in [0.1, 0.15) is 5.82 Å². The van der Waals surface area contributed by atoms with Gasteiger partial charge in [0.05, 0.1) is 26.1 Å². The second-order valence-corrected chi connectivity index (χ2v) is 4.11. The van der Waals surface area contributed by atoms with Crippen LogP contribution in [0.1, 0.15) is 21.6 Å². The van der Waals surface area contributed by atoms with Gasteiger partial charge < -0.3 is 15.2 Å². The number of aliphatic hydroxyl groups excluding tert-OH is 1. The number of rotatable bonds is 5. The van der Waals surface area contributed by atoms with Gasteiger partial charge in [-0.3, -0.25) is 0 Å². The summed E-state index contributed by atoms with van der Waals surface area (Å²) in [4.78, 5) is 19.2. The first-order valence-electron chi connectivity index (χ1n) is 6.06. The first-order chi connectivity index (χ1) is 9.72. The zero-order valence-electron chi connectivity index (χ0n) is 11.0. The number of carbonyl (C=O) groups excluding carboxylic acids is 1. The first-order valence-corrected chi connectivity index (χ1v) is 6.06. The topological polar surface area (TPSA) is 84.3 Å². The van der Waals surface area contributed by atoms with Gasteiger partial charge in [0, 0.05) is 6.54 Å². The Bertz CT molecular complexity index is 567. The number of hydrogen-bond donors (Lipinski definition) is 2. The fraction of sp³-hybridized carbons (Fsp3) is 0.214. The van der Waals surface area contributed by atoms with Gasteiger partial charge in [0.2, 0.25) is 0 Å². The molecule has 20 heavy (non-hydrogen) atoms. The molecule has 0 aliphatic heterocycles. The van der Waals surface area contributed by atoms with Crippen LogP contribution < -0.4 is 5.32 Å². The standard InChI is InChI=1S/C14H15N3O3/c1-20-14(19)12-7-17-13(8-15-12)16-6-10-2-4-11(9-18)5-3-10/h2-5,7-8,18H,6,9H2,1H3,(H,16,17). The second kappa shape index (κ2) is 6.63. The lowest BCUT2D eigenvalue weighted by Gasteiger charge is -2.06. The van der Waals surface area contributed by atoms with Crippen LogP contribution in [0, 0.1) is 0 Å². The molecule has 0 amide bonds. The number of aromatic nitrogens is 2. The Hall–Kier alpha value is -2.47. The van der Waals surface area contributed by atoms with E-state index in [1.54, 1.807) is 0 Å². The average Bonchev–Trinajstić information content (AvgIpc) is 2.53. The van der Waals surface area contributed by atoms with Gasteiger partial charge in [0.15, 0.2) is 5.69 Å². The third kappa shape index (κ3) is 3.52. The summed E-state index contributed by atoms with van der Waals surface area (Å²) in [5.41, 5.74) is 2.10. The molecule has 0 saturated heterocycles. The number of nitrogens with one attached hydrogen (secondary N) is 1. The van der Waals surface area contributed by atoms with Crippen LogP contribution in [0.2, 0.25) is 0 Å². The Morgan fingerprint density at radius 3 is 2.45 bits per heavy atom. The maximum Gasteiger partial charge on any atom is 0.358 e. The second-order valence-electron chi connectivity index (χ2n) is 4.11. The van der Waals surface area contributed by atoms with Crippen molar-refractivity contribution in [2.24, 2.45) is 0 Å². The number of ether oxygens (including phenoxy) is 1. The van der Waals surface area contributed by atoms with Crippen LogP contribution >= 0.6 is 0 Å². The van der Waals surface area contributed by atoms with E-state index in [0.29, 0.717) is 12.4 Å². The predicted octanol–water partition coefficient (Wildman–Crippen LogP) is 1.37. The van der Waals surface area contributed by atoms with Gasteiger partial charge >= 0.3 is 5.97 Å². The van der Waals surface area contributed by atoms with Crippen LogP contribution in [0.15, 0.2) is 36.7 Å². The highest BCUT2D eigenvalue weighted by Crippen LogP contribution is 2.08. The van der Waals surface area contributed by atoms with Crippen molar-refractivity contribution in [3.63, 3.8) is 0 Å². The highest BCUT2D eigenvalue weighted by molar-refractivity contribution is 5.86. The zero-order chi connectivity index (χ0) is 14.4. The molecule has 2 N–H and O–H groups in total. The maximum atomic E-state index is 11.2. The van der Waals surface area contributed by atoms with Crippen molar-refractivity contribution in [1.29, 1.82) is 0 Å². The number of esters is 1. The lowest BCUT2D eigenvalue weighted by Crippen LogP contribution is -2.07. The van der Waals surface area contributed by atoms with E-state index in [1.165, 1.54) is 19.5 Å². The van der Waals surface area contributed by atoms with E-state index in [0.717, 1.165) is 11.1 Å². The maximum absolute atomic E-state index is 11.2. The number of anilines is 1. The van der Waals surface area contributed by atoms with Crippen LogP contribution in [0.3, 0.4) is 0 Å². The quantitative estimate of drug-likeness (QED) is 0.800. The molecule has 0 saturated carbocycles. The highest BCUT2D eigenvalue weighted by atomic mass is 16.5. The van der Waals surface area contributed by atoms with Gasteiger partial charge in [-0.1, -0.05) is 24.3 Å². The van der Waals surface area contributed by atoms with E-state index in [2.05, 4.69) is 20.0 Å². The monoisotopic (exact) mass is 273 g/mol. The summed E-state index contributed by atoms with van der Waals surface area (Å²) >= 11 is 0. The Kier molecular flexibility index (Phi) is 4.62. The molecule has 2 aromatic rings. The molecular formula is C14H15N3O3. The Morgan fingerprint density at radius 2 is 1.90 bits per heavy atom. The Morgan fingerprint density at radius 1 is 1.20 bits per heavy atom. The van der Waals surface area contributed by atoms with Crippen molar-refractivity contribution in [1.82, 2.24) is 9.97 Å². The van der Waals surface area contributed by atoms with Gasteiger partial charge in [-0.05, 0) is 11.1 Å². The Balaban J connectivity index is 1.94. The van der Waals surface area contributed by atoms with E-state index in [4.69, 9.17) is 5.11 Å². The number of carbonyl (C=O) groups is 1. The summed E-state index contributed by atoms with van der Waals surface area (Å²) < 4.78 is 4.54. The average molecular weight is 273 g/mol. The van der Waals surface area contributed by atoms with Gasteiger partial charge in [-0.25, -0.2) is 14.8 Å². The molecule has 0 aliphatic carbocycles. The minimum atomic E-state index is -0.511. The largest absolute Gasteiger partial charge is 0.464 e. The van der Waals surface area contributed by atoms with Crippen LogP contribution in [0.4, 0.5) is 5.82 Å². The molecule has 0 spiro atoms. The van der Waals surface area contributed by atoms with Crippen LogP contribution in [0.5, 0.6) is 0 Å². The number of aliphatic hydroxyl groups is 1. The van der Waals surface area contributed by atoms with Crippen molar-refractivity contribution in [3.8, 4) is 0 Å². The molecule has 0 atom stereocenters. The normalized spacial score (nSPS) is 10.1. The lowest BCUT2D eigenvalue weighted by molar-refractivity contribution is 0.0593. The molecule has 104 valence electrons. The molecule has 1 aromatic carbocycles. The third-order valence-corrected chi connectivity index (χ3v) is 2.73. The molecule has 6 nitrogen and oxygen atoms in total. The van der Waals surface area contributed by atoms with Crippen molar-refractivity contribution >= 4 is 11.8 Å². The van der Waals surface area contributed by atoms with Crippen LogP contribution in [-0.4, -0.2) is 28.2 Å². The number of methoxy groups -OCH3 is 1. The summed E-state index contributed by atoms with van der Waals surface area (Å²) in [5, 5.41) is 12.1. The number of benzene rings is 1. The summed E-state index contributed by atoms with van der Waals surface area (Å²) in [7, 11) is 1.30. The molecule has 2 rings (SSSR count). The van der Waals surface area contributed by atoms with Crippen molar-refractivity contribution in [3.05, 3.63) is 53.5 Å². The first kappa shape index (κ1) is 14.0. The number of hydrogen-bond acceptors (Lipinski definition) is 6. The molecule has 0 radical (unpaired) electrons. The molecule has 0 bridgehead atoms. The minimum Gasteiger partial charge on any atom is -0.464 e. The fourth-order valence-electron chi connectivity index (χ4n) is 1.58. The van der Waals surface area contributed by atoms with Crippen molar-refractivity contribution in [2.45, 2.75) is 13.2 Å². The lowest BCUT2D eigenvalue weighted by atomic mass is 10.1. The molecule has 1 heterocycles. The summed E-state index contributed by atoms with van der Waals surface area (Å²) in [6, 6.07) is 7.58. The van der Waals surface area contributed by atoms with Gasteiger partial charge in [-0.2, -0.15) is 0 Å². The molecule has 0 aliphatic rings. The van der Waals surface area contributed by atoms with Crippen molar-refractivity contribution < 1.29 is 14.6 Å². The molecular weight excluding hydrogens is 258 g/mol. The number of nitrogens with zero attached hydrogens (tertiary/aromatic N) is 2. The van der Waals surface area contributed by atoms with Crippen LogP contribution in [-0.2, 0) is 17.9 Å². The highest BCUT2D eigenvalue weighted by Gasteiger charge is 2.07. The van der Waals surface area contributed by atoms with Crippen molar-refractivity contribution in [2.75, 3.05) is 12.4 Å². The van der Waals surface area contributed by atoms with Crippen LogP contribution in [0.25, 0.3) is 0 Å². The van der Waals surface area contributed by atoms with Gasteiger partial charge in [-0.15, -0.1) is 0 Å². The minimum absolute atomic E-state index is 0.0359. The van der Waals surface area contributed by atoms with E-state index in [1.807, 2.05) is 24.3 Å². The fourth-order valence-corrected chi connectivity index (χ4v) is 1.58. The summed E-state index contributed by atoms with van der Waals surface area (Å²) in [6.07, 6.45) is 2.84. The third-order valence-electron chi connectivity index (χ3n) is 2.73. The van der Waals surface area contributed by atoms with Gasteiger partial charge in [0.25, 0.3) is 0 Å². The summed E-state index contributed by atoms with van der Waals surface area (Å²) in [6.45, 7) is 0.617. The van der Waals surface area contributed by atoms with E-state index in [9.17, 15) is 4.79 Å². The predicted molar refractivity (Wildman–Crippen MR) is 73.1 cm³/mol.